The summed E-state index contributed by atoms with van der Waals surface area (Å²) in [5, 5.41) is 9.60. The standard InChI is InChI=1S/C21H28N4O2.2ClH/c1-16-5-7-18(8-6-16)27-21(9-12-22-13-10-21)20(26)25-15-14-24-19-17(2)4-3-11-23-19;;/h3-8,11,22H,9-10,12-15H2,1-2H3,(H,23,24)(H,25,26);2*1H. The molecule has 0 saturated carbocycles. The Bertz CT molecular complexity index is 766. The molecule has 1 aliphatic heterocycles. The number of ether oxygens (including phenoxy) is 1. The predicted molar refractivity (Wildman–Crippen MR) is 122 cm³/mol. The second-order valence-electron chi connectivity index (χ2n) is 7.01. The minimum Gasteiger partial charge on any atom is -0.477 e. The lowest BCUT2D eigenvalue weighted by atomic mass is 9.91. The SMILES string of the molecule is Cc1ccc(OC2(C(=O)NCCNc3ncccc3C)CCNCC2)cc1.Cl.Cl. The molecular weight excluding hydrogens is 411 g/mol. The predicted octanol–water partition coefficient (Wildman–Crippen LogP) is 3.27. The summed E-state index contributed by atoms with van der Waals surface area (Å²) in [6.07, 6.45) is 3.06. The molecule has 1 aromatic heterocycles. The number of rotatable bonds is 7. The van der Waals surface area contributed by atoms with Crippen molar-refractivity contribution < 1.29 is 9.53 Å². The van der Waals surface area contributed by atoms with E-state index in [0.717, 1.165) is 30.2 Å². The number of carbonyl (C=O) groups excluding carboxylic acids is 1. The number of nitrogens with zero attached hydrogens (tertiary/aromatic N) is 1. The Balaban J connectivity index is 0.00000210. The van der Waals surface area contributed by atoms with Crippen molar-refractivity contribution in [3.63, 3.8) is 0 Å². The Morgan fingerprint density at radius 3 is 2.45 bits per heavy atom. The monoisotopic (exact) mass is 440 g/mol. The van der Waals surface area contributed by atoms with Gasteiger partial charge in [0.2, 0.25) is 0 Å². The minimum atomic E-state index is -0.818. The van der Waals surface area contributed by atoms with Crippen molar-refractivity contribution in [3.05, 3.63) is 53.7 Å². The highest BCUT2D eigenvalue weighted by Gasteiger charge is 2.41. The van der Waals surface area contributed by atoms with Gasteiger partial charge in [-0.2, -0.15) is 0 Å². The molecule has 8 heteroatoms. The Morgan fingerprint density at radius 2 is 1.79 bits per heavy atom. The molecule has 2 heterocycles. The van der Waals surface area contributed by atoms with Crippen LogP contribution in [0.4, 0.5) is 5.82 Å². The number of anilines is 1. The van der Waals surface area contributed by atoms with Gasteiger partial charge in [-0.15, -0.1) is 24.8 Å². The van der Waals surface area contributed by atoms with Crippen LogP contribution in [0.1, 0.15) is 24.0 Å². The fourth-order valence-electron chi connectivity index (χ4n) is 3.23. The molecule has 1 fully saturated rings. The van der Waals surface area contributed by atoms with Crippen LogP contribution in [0.25, 0.3) is 0 Å². The molecule has 0 unspecified atom stereocenters. The average molecular weight is 441 g/mol. The summed E-state index contributed by atoms with van der Waals surface area (Å²) in [5.41, 5.74) is 1.44. The van der Waals surface area contributed by atoms with Gasteiger partial charge in [0.15, 0.2) is 5.60 Å². The van der Waals surface area contributed by atoms with Gasteiger partial charge in [-0.3, -0.25) is 4.79 Å². The lowest BCUT2D eigenvalue weighted by molar-refractivity contribution is -0.139. The van der Waals surface area contributed by atoms with Crippen LogP contribution in [0.2, 0.25) is 0 Å². The van der Waals surface area contributed by atoms with Gasteiger partial charge in [-0.1, -0.05) is 23.8 Å². The van der Waals surface area contributed by atoms with Crippen LogP contribution in [0, 0.1) is 13.8 Å². The quantitative estimate of drug-likeness (QED) is 0.575. The van der Waals surface area contributed by atoms with Crippen LogP contribution >= 0.6 is 24.8 Å². The number of benzene rings is 1. The molecule has 0 radical (unpaired) electrons. The highest BCUT2D eigenvalue weighted by Crippen LogP contribution is 2.27. The molecular formula is C21H30Cl2N4O2. The summed E-state index contributed by atoms with van der Waals surface area (Å²) in [7, 11) is 0. The summed E-state index contributed by atoms with van der Waals surface area (Å²) < 4.78 is 6.21. The van der Waals surface area contributed by atoms with Crippen LogP contribution < -0.4 is 20.7 Å². The molecule has 1 amide bonds. The maximum absolute atomic E-state index is 13.0. The third-order valence-electron chi connectivity index (χ3n) is 4.87. The summed E-state index contributed by atoms with van der Waals surface area (Å²) in [4.78, 5) is 17.3. The number of aromatic nitrogens is 1. The molecule has 6 nitrogen and oxygen atoms in total. The fourth-order valence-corrected chi connectivity index (χ4v) is 3.23. The zero-order valence-electron chi connectivity index (χ0n) is 16.9. The van der Waals surface area contributed by atoms with Gasteiger partial charge in [0.05, 0.1) is 0 Å². The summed E-state index contributed by atoms with van der Waals surface area (Å²) in [5.74, 6) is 1.53. The van der Waals surface area contributed by atoms with E-state index in [2.05, 4.69) is 20.9 Å². The number of nitrogens with one attached hydrogen (secondary N) is 3. The summed E-state index contributed by atoms with van der Waals surface area (Å²) >= 11 is 0. The number of piperidine rings is 1. The molecule has 1 aromatic carbocycles. The van der Waals surface area contributed by atoms with Crippen LogP contribution in [0.15, 0.2) is 42.6 Å². The second-order valence-corrected chi connectivity index (χ2v) is 7.01. The van der Waals surface area contributed by atoms with Gasteiger partial charge in [-0.05, 0) is 50.7 Å². The first-order valence-electron chi connectivity index (χ1n) is 9.49. The third-order valence-corrected chi connectivity index (χ3v) is 4.87. The van der Waals surface area contributed by atoms with E-state index in [9.17, 15) is 4.79 Å². The second kappa shape index (κ2) is 11.9. The molecule has 0 atom stereocenters. The molecule has 2 aromatic rings. The normalized spacial score (nSPS) is 14.7. The summed E-state index contributed by atoms with van der Waals surface area (Å²) in [6, 6.07) is 11.8. The molecule has 1 aliphatic rings. The van der Waals surface area contributed by atoms with Gasteiger partial charge >= 0.3 is 0 Å². The number of aryl methyl sites for hydroxylation is 2. The van der Waals surface area contributed by atoms with Gasteiger partial charge in [0, 0.05) is 32.1 Å². The van der Waals surface area contributed by atoms with E-state index in [-0.39, 0.29) is 30.7 Å². The van der Waals surface area contributed by atoms with Crippen molar-refractivity contribution in [2.24, 2.45) is 0 Å². The molecule has 0 aliphatic carbocycles. The lowest BCUT2D eigenvalue weighted by Gasteiger charge is -2.36. The topological polar surface area (TPSA) is 75.3 Å². The van der Waals surface area contributed by atoms with E-state index in [1.54, 1.807) is 6.20 Å². The van der Waals surface area contributed by atoms with E-state index in [1.165, 1.54) is 5.56 Å². The van der Waals surface area contributed by atoms with Crippen LogP contribution in [-0.4, -0.2) is 42.7 Å². The van der Waals surface area contributed by atoms with E-state index >= 15 is 0 Å². The molecule has 0 bridgehead atoms. The molecule has 29 heavy (non-hydrogen) atoms. The fraction of sp³-hybridized carbons (Fsp3) is 0.429. The molecule has 1 saturated heterocycles. The van der Waals surface area contributed by atoms with E-state index < -0.39 is 5.60 Å². The Hall–Kier alpha value is -2.02. The Morgan fingerprint density at radius 1 is 1.10 bits per heavy atom. The number of halogens is 2. The first-order chi connectivity index (χ1) is 13.1. The van der Waals surface area contributed by atoms with Gasteiger partial charge in [-0.25, -0.2) is 4.98 Å². The largest absolute Gasteiger partial charge is 0.477 e. The van der Waals surface area contributed by atoms with Crippen LogP contribution in [-0.2, 0) is 4.79 Å². The smallest absolute Gasteiger partial charge is 0.264 e. The number of carbonyl (C=O) groups is 1. The lowest BCUT2D eigenvalue weighted by Crippen LogP contribution is -2.57. The van der Waals surface area contributed by atoms with Crippen molar-refractivity contribution in [1.82, 2.24) is 15.6 Å². The number of amides is 1. The van der Waals surface area contributed by atoms with E-state index in [0.29, 0.717) is 25.9 Å². The number of hydrogen-bond donors (Lipinski definition) is 3. The summed E-state index contributed by atoms with van der Waals surface area (Å²) in [6.45, 7) is 6.71. The van der Waals surface area contributed by atoms with E-state index in [4.69, 9.17) is 4.74 Å². The zero-order chi connectivity index (χ0) is 19.1. The van der Waals surface area contributed by atoms with Crippen molar-refractivity contribution in [3.8, 4) is 5.75 Å². The zero-order valence-corrected chi connectivity index (χ0v) is 18.5. The number of pyridine rings is 1. The third kappa shape index (κ3) is 6.77. The maximum atomic E-state index is 13.0. The molecule has 0 spiro atoms. The van der Waals surface area contributed by atoms with Crippen molar-refractivity contribution >= 4 is 36.5 Å². The average Bonchev–Trinajstić information content (AvgIpc) is 2.69. The Labute approximate surface area is 185 Å². The Kier molecular flexibility index (Phi) is 10.2. The van der Waals surface area contributed by atoms with Gasteiger partial charge in [0.1, 0.15) is 11.6 Å². The van der Waals surface area contributed by atoms with Crippen molar-refractivity contribution in [2.75, 3.05) is 31.5 Å². The minimum absolute atomic E-state index is 0. The van der Waals surface area contributed by atoms with Gasteiger partial charge in [0.25, 0.3) is 5.91 Å². The number of hydrogen-bond acceptors (Lipinski definition) is 5. The van der Waals surface area contributed by atoms with Crippen molar-refractivity contribution in [1.29, 1.82) is 0 Å². The van der Waals surface area contributed by atoms with Crippen LogP contribution in [0.3, 0.4) is 0 Å². The maximum Gasteiger partial charge on any atom is 0.264 e. The van der Waals surface area contributed by atoms with Gasteiger partial charge < -0.3 is 20.7 Å². The molecule has 3 rings (SSSR count). The van der Waals surface area contributed by atoms with E-state index in [1.807, 2.05) is 50.2 Å². The molecule has 3 N–H and O–H groups in total. The molecule has 160 valence electrons. The van der Waals surface area contributed by atoms with Crippen LogP contribution in [0.5, 0.6) is 5.75 Å². The van der Waals surface area contributed by atoms with Crippen molar-refractivity contribution in [2.45, 2.75) is 32.3 Å². The first-order valence-corrected chi connectivity index (χ1v) is 9.49. The first kappa shape index (κ1) is 25.0. The highest BCUT2D eigenvalue weighted by molar-refractivity contribution is 5.86. The highest BCUT2D eigenvalue weighted by atomic mass is 35.5.